The van der Waals surface area contributed by atoms with Crippen molar-refractivity contribution in [3.63, 3.8) is 0 Å². The lowest BCUT2D eigenvalue weighted by Crippen LogP contribution is -2.45. The van der Waals surface area contributed by atoms with Crippen molar-refractivity contribution in [2.24, 2.45) is 0 Å². The average Bonchev–Trinajstić information content (AvgIpc) is 3.33. The molecule has 1 aliphatic rings. The Hall–Kier alpha value is -4.09. The molecular formula is C28H33FN8O2. The number of aryl methyl sites for hydroxylation is 1. The van der Waals surface area contributed by atoms with Crippen molar-refractivity contribution in [3.05, 3.63) is 65.5 Å². The molecule has 0 radical (unpaired) electrons. The van der Waals surface area contributed by atoms with Crippen molar-refractivity contribution in [2.75, 3.05) is 52.1 Å². The minimum Gasteiger partial charge on any atom is -0.435 e. The van der Waals surface area contributed by atoms with Crippen molar-refractivity contribution < 1.29 is 13.9 Å². The molecule has 1 amide bonds. The first-order valence-electron chi connectivity index (χ1n) is 13.0. The number of halogens is 1. The lowest BCUT2D eigenvalue weighted by atomic mass is 10.2. The highest BCUT2D eigenvalue weighted by Crippen LogP contribution is 2.33. The fourth-order valence-electron chi connectivity index (χ4n) is 4.66. The lowest BCUT2D eigenvalue weighted by Gasteiger charge is -2.33. The fraction of sp³-hybridized carbons (Fsp3) is 0.357. The number of aromatic nitrogens is 4. The number of carbonyl (C=O) groups excluding carboxylic acids is 1. The molecule has 0 bridgehead atoms. The van der Waals surface area contributed by atoms with Crippen LogP contribution >= 0.6 is 0 Å². The molecule has 1 fully saturated rings. The van der Waals surface area contributed by atoms with Crippen LogP contribution in [0, 0.1) is 12.7 Å². The molecule has 5 rings (SSSR count). The third kappa shape index (κ3) is 5.84. The molecule has 3 aromatic heterocycles. The molecule has 204 valence electrons. The van der Waals surface area contributed by atoms with Crippen LogP contribution in [0.5, 0.6) is 11.6 Å². The maximum Gasteiger partial charge on any atom is 0.262 e. The number of aromatic amines is 1. The molecule has 0 unspecified atom stereocenters. The number of nitrogens with zero attached hydrogens (tertiary/aromatic N) is 6. The highest BCUT2D eigenvalue weighted by atomic mass is 19.1. The second kappa shape index (κ2) is 11.3. The minimum absolute atomic E-state index is 0.0406. The van der Waals surface area contributed by atoms with E-state index >= 15 is 4.39 Å². The maximum absolute atomic E-state index is 15.2. The van der Waals surface area contributed by atoms with E-state index in [0.717, 1.165) is 50.5 Å². The van der Waals surface area contributed by atoms with E-state index in [0.29, 0.717) is 16.7 Å². The van der Waals surface area contributed by atoms with E-state index in [-0.39, 0.29) is 23.0 Å². The molecule has 0 aliphatic carbocycles. The average molecular weight is 533 g/mol. The first-order valence-corrected chi connectivity index (χ1v) is 13.0. The van der Waals surface area contributed by atoms with Gasteiger partial charge in [0.2, 0.25) is 5.88 Å². The van der Waals surface area contributed by atoms with Crippen molar-refractivity contribution in [3.8, 4) is 11.6 Å². The number of rotatable bonds is 8. The third-order valence-electron chi connectivity index (χ3n) is 6.87. The Labute approximate surface area is 226 Å². The van der Waals surface area contributed by atoms with E-state index in [9.17, 15) is 4.79 Å². The van der Waals surface area contributed by atoms with Crippen molar-refractivity contribution in [1.82, 2.24) is 34.6 Å². The lowest BCUT2D eigenvalue weighted by molar-refractivity contribution is 0.0825. The minimum atomic E-state index is -0.540. The number of benzene rings is 1. The SMILES string of the molecule is CCN1CCN(Cc2ccc(Nc3ncnc(Oc4ccc5[nH]c(C)cc5c4F)c3C(=O)N(C)C)nc2)CC1. The topological polar surface area (TPSA) is 103 Å². The molecular weight excluding hydrogens is 499 g/mol. The van der Waals surface area contributed by atoms with Gasteiger partial charge in [0.1, 0.15) is 17.7 Å². The van der Waals surface area contributed by atoms with Crippen LogP contribution in [0.3, 0.4) is 0 Å². The molecule has 4 heterocycles. The monoisotopic (exact) mass is 532 g/mol. The molecule has 0 spiro atoms. The Bertz CT molecular complexity index is 1460. The van der Waals surface area contributed by atoms with Crippen LogP contribution in [0.25, 0.3) is 10.9 Å². The number of nitrogens with one attached hydrogen (secondary N) is 2. The summed E-state index contributed by atoms with van der Waals surface area (Å²) >= 11 is 0. The van der Waals surface area contributed by atoms with Gasteiger partial charge in [0.15, 0.2) is 17.4 Å². The van der Waals surface area contributed by atoms with Crippen LogP contribution in [-0.2, 0) is 6.54 Å². The number of likely N-dealkylation sites (N-methyl/N-ethyl adjacent to an activating group) is 1. The summed E-state index contributed by atoms with van der Waals surface area (Å²) in [5, 5.41) is 3.52. The Morgan fingerprint density at radius 2 is 1.87 bits per heavy atom. The van der Waals surface area contributed by atoms with Crippen LogP contribution < -0.4 is 10.1 Å². The van der Waals surface area contributed by atoms with Gasteiger partial charge in [0.25, 0.3) is 5.91 Å². The first kappa shape index (κ1) is 26.5. The number of piperazine rings is 1. The summed E-state index contributed by atoms with van der Waals surface area (Å²) in [4.78, 5) is 35.5. The molecule has 1 saturated heterocycles. The third-order valence-corrected chi connectivity index (χ3v) is 6.87. The second-order valence-electron chi connectivity index (χ2n) is 9.88. The van der Waals surface area contributed by atoms with Crippen molar-refractivity contribution in [2.45, 2.75) is 20.4 Å². The van der Waals surface area contributed by atoms with Gasteiger partial charge in [-0.05, 0) is 43.3 Å². The summed E-state index contributed by atoms with van der Waals surface area (Å²) in [7, 11) is 3.23. The quantitative estimate of drug-likeness (QED) is 0.349. The summed E-state index contributed by atoms with van der Waals surface area (Å²) in [6, 6.07) is 8.80. The summed E-state index contributed by atoms with van der Waals surface area (Å²) in [5.41, 5.74) is 2.67. The number of carbonyl (C=O) groups is 1. The second-order valence-corrected chi connectivity index (χ2v) is 9.88. The van der Waals surface area contributed by atoms with E-state index in [1.807, 2.05) is 25.3 Å². The van der Waals surface area contributed by atoms with Crippen LogP contribution in [0.15, 0.2) is 42.9 Å². The van der Waals surface area contributed by atoms with Crippen LogP contribution in [0.2, 0.25) is 0 Å². The normalized spacial score (nSPS) is 14.5. The van der Waals surface area contributed by atoms with E-state index < -0.39 is 11.7 Å². The number of ether oxygens (including phenoxy) is 1. The number of hydrogen-bond acceptors (Lipinski definition) is 8. The Morgan fingerprint density at radius 3 is 2.56 bits per heavy atom. The fourth-order valence-corrected chi connectivity index (χ4v) is 4.66. The zero-order valence-corrected chi connectivity index (χ0v) is 22.7. The van der Waals surface area contributed by atoms with E-state index in [1.165, 1.54) is 17.3 Å². The van der Waals surface area contributed by atoms with Gasteiger partial charge in [-0.25, -0.2) is 19.3 Å². The van der Waals surface area contributed by atoms with Gasteiger partial charge in [-0.1, -0.05) is 13.0 Å². The van der Waals surface area contributed by atoms with Crippen molar-refractivity contribution in [1.29, 1.82) is 0 Å². The standard InChI is InChI=1S/C28H33FN8O2/c1-5-36-10-12-37(13-11-36)16-19-6-9-23(30-15-19)34-26-24(28(38)35(3)4)27(32-17-31-26)39-22-8-7-21-20(25(22)29)14-18(2)33-21/h6-9,14-15,17,33H,5,10-13,16H2,1-4H3,(H,30,31,32,34). The Kier molecular flexibility index (Phi) is 7.71. The predicted molar refractivity (Wildman–Crippen MR) is 148 cm³/mol. The van der Waals surface area contributed by atoms with E-state index in [1.54, 1.807) is 26.2 Å². The number of fused-ring (bicyclic) bond motifs is 1. The first-order chi connectivity index (χ1) is 18.8. The number of pyridine rings is 1. The van der Waals surface area contributed by atoms with Crippen LogP contribution in [-0.4, -0.2) is 87.4 Å². The van der Waals surface area contributed by atoms with Gasteiger partial charge >= 0.3 is 0 Å². The number of amides is 1. The van der Waals surface area contributed by atoms with Gasteiger partial charge in [0, 0.05) is 69.6 Å². The zero-order valence-electron chi connectivity index (χ0n) is 22.7. The molecule has 2 N–H and O–H groups in total. The molecule has 1 aliphatic heterocycles. The van der Waals surface area contributed by atoms with Gasteiger partial charge in [0.05, 0.1) is 0 Å². The highest BCUT2D eigenvalue weighted by Gasteiger charge is 2.24. The molecule has 1 aromatic carbocycles. The highest BCUT2D eigenvalue weighted by molar-refractivity contribution is 6.01. The maximum atomic E-state index is 15.2. The van der Waals surface area contributed by atoms with Gasteiger partial charge in [-0.15, -0.1) is 0 Å². The molecule has 0 saturated carbocycles. The summed E-state index contributed by atoms with van der Waals surface area (Å²) in [5.74, 6) is -0.298. The molecule has 11 heteroatoms. The van der Waals surface area contributed by atoms with E-state index in [4.69, 9.17) is 4.74 Å². The summed E-state index contributed by atoms with van der Waals surface area (Å²) < 4.78 is 21.1. The predicted octanol–water partition coefficient (Wildman–Crippen LogP) is 4.18. The van der Waals surface area contributed by atoms with Gasteiger partial charge in [-0.3, -0.25) is 9.69 Å². The molecule has 4 aromatic rings. The summed E-state index contributed by atoms with van der Waals surface area (Å²) in [6.45, 7) is 10.2. The number of anilines is 2. The molecule has 0 atom stereocenters. The van der Waals surface area contributed by atoms with Gasteiger partial charge in [-0.2, -0.15) is 0 Å². The molecule has 10 nitrogen and oxygen atoms in total. The van der Waals surface area contributed by atoms with Crippen molar-refractivity contribution >= 4 is 28.4 Å². The number of H-pyrrole nitrogens is 1. The zero-order chi connectivity index (χ0) is 27.5. The Balaban J connectivity index is 1.37. The number of hydrogen-bond donors (Lipinski definition) is 2. The smallest absolute Gasteiger partial charge is 0.262 e. The largest absolute Gasteiger partial charge is 0.435 e. The summed E-state index contributed by atoms with van der Waals surface area (Å²) in [6.07, 6.45) is 3.09. The molecule has 39 heavy (non-hydrogen) atoms. The van der Waals surface area contributed by atoms with Gasteiger partial charge < -0.3 is 24.8 Å². The Morgan fingerprint density at radius 1 is 1.10 bits per heavy atom. The van der Waals surface area contributed by atoms with Crippen LogP contribution in [0.1, 0.15) is 28.5 Å². The van der Waals surface area contributed by atoms with E-state index in [2.05, 4.69) is 42.0 Å². The van der Waals surface area contributed by atoms with Crippen LogP contribution in [0.4, 0.5) is 16.0 Å².